The van der Waals surface area contributed by atoms with Crippen LogP contribution in [0.25, 0.3) is 10.9 Å². The Balaban J connectivity index is 1.18. The third kappa shape index (κ3) is 6.50. The van der Waals surface area contributed by atoms with Gasteiger partial charge in [-0.15, -0.1) is 0 Å². The summed E-state index contributed by atoms with van der Waals surface area (Å²) in [7, 11) is -1.73. The second kappa shape index (κ2) is 11.8. The molecule has 2 aromatic carbocycles. The number of aromatic nitrogens is 1. The van der Waals surface area contributed by atoms with Crippen molar-refractivity contribution in [3.63, 3.8) is 0 Å². The van der Waals surface area contributed by atoms with Gasteiger partial charge in [0.2, 0.25) is 0 Å². The monoisotopic (exact) mass is 630 g/mol. The van der Waals surface area contributed by atoms with Crippen molar-refractivity contribution in [2.24, 2.45) is 5.41 Å². The molecule has 0 amide bonds. The fourth-order valence-corrected chi connectivity index (χ4v) is 7.30. The van der Waals surface area contributed by atoms with Gasteiger partial charge in [0.05, 0.1) is 34.9 Å². The van der Waals surface area contributed by atoms with Gasteiger partial charge in [-0.05, 0) is 56.0 Å². The maximum Gasteiger partial charge on any atom is 0.406 e. The first-order valence-electron chi connectivity index (χ1n) is 14.8. The summed E-state index contributed by atoms with van der Waals surface area (Å²) >= 11 is 0. The van der Waals surface area contributed by atoms with Gasteiger partial charge < -0.3 is 24.7 Å². The number of halogens is 3. The fraction of sp³-hybridized carbons (Fsp3) is 0.500. The van der Waals surface area contributed by atoms with E-state index in [9.17, 15) is 21.6 Å². The van der Waals surface area contributed by atoms with Crippen LogP contribution in [-0.2, 0) is 21.1 Å². The molecule has 3 aromatic rings. The van der Waals surface area contributed by atoms with Gasteiger partial charge in [-0.2, -0.15) is 13.2 Å². The molecule has 1 aliphatic carbocycles. The number of ether oxygens (including phenoxy) is 2. The second-order valence-electron chi connectivity index (χ2n) is 12.3. The zero-order valence-electron chi connectivity index (χ0n) is 24.8. The summed E-state index contributed by atoms with van der Waals surface area (Å²) in [5, 5.41) is 7.22. The van der Waals surface area contributed by atoms with E-state index < -0.39 is 22.6 Å². The summed E-state index contributed by atoms with van der Waals surface area (Å²) in [5.41, 5.74) is 2.62. The Morgan fingerprint density at radius 1 is 1.09 bits per heavy atom. The average molecular weight is 631 g/mol. The highest BCUT2D eigenvalue weighted by molar-refractivity contribution is 7.90. The molecule has 12 heteroatoms. The van der Waals surface area contributed by atoms with E-state index in [1.54, 1.807) is 25.2 Å². The quantitative estimate of drug-likeness (QED) is 0.334. The molecule has 0 unspecified atom stereocenters. The van der Waals surface area contributed by atoms with Crippen LogP contribution in [0.1, 0.15) is 31.2 Å². The molecule has 236 valence electrons. The van der Waals surface area contributed by atoms with Crippen molar-refractivity contribution < 1.29 is 31.1 Å². The minimum absolute atomic E-state index is 0.0393. The maximum absolute atomic E-state index is 13.5. The van der Waals surface area contributed by atoms with Crippen LogP contribution in [-0.4, -0.2) is 82.4 Å². The van der Waals surface area contributed by atoms with Crippen molar-refractivity contribution >= 4 is 32.1 Å². The molecule has 0 bridgehead atoms. The first-order valence-corrected chi connectivity index (χ1v) is 16.7. The zero-order valence-corrected chi connectivity index (χ0v) is 25.7. The van der Waals surface area contributed by atoms with Crippen LogP contribution in [0.3, 0.4) is 0 Å². The molecular weight excluding hydrogens is 593 g/mol. The van der Waals surface area contributed by atoms with Gasteiger partial charge in [0.15, 0.2) is 9.84 Å². The Morgan fingerprint density at radius 2 is 1.84 bits per heavy atom. The normalized spacial score (nSPS) is 21.7. The first kappa shape index (κ1) is 30.6. The van der Waals surface area contributed by atoms with Crippen molar-refractivity contribution in [3.8, 4) is 17.6 Å². The Morgan fingerprint density at radius 3 is 2.48 bits per heavy atom. The highest BCUT2D eigenvalue weighted by Gasteiger charge is 2.50. The number of hydrogen-bond donors (Lipinski definition) is 2. The number of likely N-dealkylation sites (tertiary alicyclic amines) is 1. The number of anilines is 2. The van der Waals surface area contributed by atoms with Gasteiger partial charge in [-0.3, -0.25) is 4.90 Å². The van der Waals surface area contributed by atoms with Crippen LogP contribution >= 0.6 is 0 Å². The summed E-state index contributed by atoms with van der Waals surface area (Å²) < 4.78 is 76.6. The van der Waals surface area contributed by atoms with Crippen molar-refractivity contribution in [3.05, 3.63) is 48.2 Å². The number of sulfone groups is 1. The lowest BCUT2D eigenvalue weighted by atomic mass is 9.75. The first-order chi connectivity index (χ1) is 20.9. The third-order valence-corrected chi connectivity index (χ3v) is 10.0. The lowest BCUT2D eigenvalue weighted by Crippen LogP contribution is -2.68. The SMILES string of the molecule is CNc1cc(S(C)(=O)=O)ccc1OCC#Cc1cn(CC(F)(F)F)c2cccc(NC3CCC(N4CC5(COC5)C4)CC3)c12. The number of rotatable bonds is 8. The molecule has 0 radical (unpaired) electrons. The minimum Gasteiger partial charge on any atom is -0.479 e. The molecule has 2 saturated heterocycles. The molecule has 0 atom stereocenters. The molecule has 44 heavy (non-hydrogen) atoms. The van der Waals surface area contributed by atoms with E-state index in [4.69, 9.17) is 9.47 Å². The molecule has 1 aromatic heterocycles. The lowest BCUT2D eigenvalue weighted by Gasteiger charge is -2.58. The summed E-state index contributed by atoms with van der Waals surface area (Å²) in [5.74, 6) is 6.39. The predicted octanol–water partition coefficient (Wildman–Crippen LogP) is 5.13. The molecule has 2 aliphatic heterocycles. The molecule has 1 spiro atoms. The molecule has 3 aliphatic rings. The van der Waals surface area contributed by atoms with E-state index in [-0.39, 0.29) is 17.5 Å². The van der Waals surface area contributed by atoms with Gasteiger partial charge in [0.1, 0.15) is 18.9 Å². The maximum atomic E-state index is 13.5. The second-order valence-corrected chi connectivity index (χ2v) is 14.3. The number of alkyl halides is 3. The van der Waals surface area contributed by atoms with Crippen LogP contribution in [0.4, 0.5) is 24.5 Å². The summed E-state index contributed by atoms with van der Waals surface area (Å²) in [6, 6.07) is 10.7. The zero-order chi connectivity index (χ0) is 31.1. The highest BCUT2D eigenvalue weighted by atomic mass is 32.2. The van der Waals surface area contributed by atoms with Crippen LogP contribution in [0.2, 0.25) is 0 Å². The van der Waals surface area contributed by atoms with E-state index in [0.29, 0.717) is 39.4 Å². The van der Waals surface area contributed by atoms with Crippen molar-refractivity contribution in [1.82, 2.24) is 9.47 Å². The van der Waals surface area contributed by atoms with E-state index in [0.717, 1.165) is 63.9 Å². The molecule has 2 N–H and O–H groups in total. The molecule has 3 fully saturated rings. The Hall–Kier alpha value is -3.40. The predicted molar refractivity (Wildman–Crippen MR) is 164 cm³/mol. The summed E-state index contributed by atoms with van der Waals surface area (Å²) in [6.07, 6.45) is 2.36. The number of nitrogens with one attached hydrogen (secondary N) is 2. The van der Waals surface area contributed by atoms with E-state index in [2.05, 4.69) is 27.4 Å². The van der Waals surface area contributed by atoms with Gasteiger partial charge in [0, 0.05) is 61.2 Å². The molecule has 1 saturated carbocycles. The van der Waals surface area contributed by atoms with Crippen LogP contribution in [0.5, 0.6) is 5.75 Å². The van der Waals surface area contributed by atoms with Crippen molar-refractivity contribution in [2.45, 2.75) is 55.4 Å². The van der Waals surface area contributed by atoms with Gasteiger partial charge in [-0.1, -0.05) is 17.9 Å². The number of nitrogens with zero attached hydrogens (tertiary/aromatic N) is 2. The van der Waals surface area contributed by atoms with E-state index in [1.807, 2.05) is 6.07 Å². The standard InChI is InChI=1S/C32H37F3N4O4S/c1-36-27-15-25(44(2,40)41)12-13-29(27)43-14-4-5-22-16-38(19-32(33,34)35)28-7-3-6-26(30(22)28)37-23-8-10-24(11-9-23)39-17-31(18-39)20-42-21-31/h3,6-7,12-13,15-16,23-24,36-37H,8-11,14,17-21H2,1-2H3. The molecule has 3 heterocycles. The Labute approximate surface area is 255 Å². The van der Waals surface area contributed by atoms with E-state index >= 15 is 0 Å². The van der Waals surface area contributed by atoms with E-state index in [1.165, 1.54) is 22.9 Å². The molecule has 8 nitrogen and oxygen atoms in total. The largest absolute Gasteiger partial charge is 0.479 e. The van der Waals surface area contributed by atoms with Gasteiger partial charge >= 0.3 is 6.18 Å². The van der Waals surface area contributed by atoms with Crippen LogP contribution < -0.4 is 15.4 Å². The van der Waals surface area contributed by atoms with Crippen molar-refractivity contribution in [2.75, 3.05) is 56.8 Å². The molecule has 6 rings (SSSR count). The minimum atomic E-state index is -4.38. The van der Waals surface area contributed by atoms with Gasteiger partial charge in [0.25, 0.3) is 0 Å². The summed E-state index contributed by atoms with van der Waals surface area (Å²) in [4.78, 5) is 2.73. The Kier molecular flexibility index (Phi) is 8.24. The number of fused-ring (bicyclic) bond motifs is 1. The van der Waals surface area contributed by atoms with Crippen LogP contribution in [0.15, 0.2) is 47.5 Å². The smallest absolute Gasteiger partial charge is 0.406 e. The number of benzene rings is 2. The Bertz CT molecular complexity index is 1690. The fourth-order valence-electron chi connectivity index (χ4n) is 6.65. The average Bonchev–Trinajstić information content (AvgIpc) is 3.26. The third-order valence-electron chi connectivity index (χ3n) is 8.89. The molecular formula is C32H37F3N4O4S. The summed E-state index contributed by atoms with van der Waals surface area (Å²) in [6.45, 7) is 2.85. The topological polar surface area (TPSA) is 84.8 Å². The van der Waals surface area contributed by atoms with Gasteiger partial charge in [-0.25, -0.2) is 8.42 Å². The highest BCUT2D eigenvalue weighted by Crippen LogP contribution is 2.41. The van der Waals surface area contributed by atoms with Crippen LogP contribution in [0, 0.1) is 17.3 Å². The number of hydrogen-bond acceptors (Lipinski definition) is 7. The lowest BCUT2D eigenvalue weighted by molar-refractivity contribution is -0.200. The van der Waals surface area contributed by atoms with Crippen molar-refractivity contribution in [1.29, 1.82) is 0 Å².